The first kappa shape index (κ1) is 21.0. The van der Waals surface area contributed by atoms with Crippen LogP contribution in [0.4, 0.5) is 0 Å². The first-order valence-corrected chi connectivity index (χ1v) is 10.1. The minimum absolute atomic E-state index is 0.188. The molecule has 1 aromatic carbocycles. The lowest BCUT2D eigenvalue weighted by Gasteiger charge is -2.21. The van der Waals surface area contributed by atoms with Crippen molar-refractivity contribution in [2.75, 3.05) is 27.3 Å². The average Bonchev–Trinajstić information content (AvgIpc) is 3.11. The summed E-state index contributed by atoms with van der Waals surface area (Å²) in [6, 6.07) is 5.56. The normalized spacial score (nSPS) is 12.3. The molecule has 29 heavy (non-hydrogen) atoms. The Morgan fingerprint density at radius 1 is 1.34 bits per heavy atom. The second-order valence-electron chi connectivity index (χ2n) is 6.74. The fraction of sp³-hybridized carbons (Fsp3) is 0.333. The highest BCUT2D eigenvalue weighted by Crippen LogP contribution is 2.36. The van der Waals surface area contributed by atoms with E-state index in [1.807, 2.05) is 28.5 Å². The molecular formula is C21H25N3O4S. The summed E-state index contributed by atoms with van der Waals surface area (Å²) in [7, 11) is 3.16. The van der Waals surface area contributed by atoms with Gasteiger partial charge in [0.15, 0.2) is 11.5 Å². The Kier molecular flexibility index (Phi) is 6.68. The molecule has 2 N–H and O–H groups in total. The van der Waals surface area contributed by atoms with E-state index in [1.54, 1.807) is 27.2 Å². The lowest BCUT2D eigenvalue weighted by molar-refractivity contribution is 0.128. The Balaban J connectivity index is 1.98. The fourth-order valence-corrected chi connectivity index (χ4v) is 4.22. The lowest BCUT2D eigenvalue weighted by atomic mass is 10.1. The third-order valence-corrected chi connectivity index (χ3v) is 5.34. The number of ether oxygens (including phenoxy) is 2. The van der Waals surface area contributed by atoms with Crippen LogP contribution in [0, 0.1) is 0 Å². The molecule has 154 valence electrons. The Hall–Kier alpha value is -2.68. The summed E-state index contributed by atoms with van der Waals surface area (Å²) in [4.78, 5) is 23.0. The van der Waals surface area contributed by atoms with E-state index in [2.05, 4.69) is 16.5 Å². The van der Waals surface area contributed by atoms with Crippen molar-refractivity contribution in [2.24, 2.45) is 0 Å². The number of rotatable bonds is 9. The number of methoxy groups -OCH3 is 2. The molecule has 2 aromatic heterocycles. The highest BCUT2D eigenvalue weighted by Gasteiger charge is 2.16. The average molecular weight is 416 g/mol. The van der Waals surface area contributed by atoms with E-state index < -0.39 is 6.10 Å². The first-order chi connectivity index (χ1) is 14.0. The van der Waals surface area contributed by atoms with E-state index in [1.165, 1.54) is 11.3 Å². The highest BCUT2D eigenvalue weighted by atomic mass is 32.1. The molecular weight excluding hydrogens is 390 g/mol. The van der Waals surface area contributed by atoms with Crippen molar-refractivity contribution < 1.29 is 14.6 Å². The number of aromatic amines is 1. The van der Waals surface area contributed by atoms with Gasteiger partial charge >= 0.3 is 0 Å². The Labute approximate surface area is 173 Å². The molecule has 0 saturated heterocycles. The van der Waals surface area contributed by atoms with Crippen LogP contribution in [-0.4, -0.2) is 53.4 Å². The van der Waals surface area contributed by atoms with Crippen molar-refractivity contribution in [3.05, 3.63) is 52.4 Å². The number of benzene rings is 1. The van der Waals surface area contributed by atoms with Gasteiger partial charge in [0, 0.05) is 24.0 Å². The van der Waals surface area contributed by atoms with Crippen molar-refractivity contribution in [2.45, 2.75) is 19.6 Å². The number of fused-ring (bicyclic) bond motifs is 1. The van der Waals surface area contributed by atoms with Gasteiger partial charge in [-0.3, -0.25) is 9.69 Å². The van der Waals surface area contributed by atoms with Crippen LogP contribution >= 0.6 is 11.3 Å². The van der Waals surface area contributed by atoms with Crippen LogP contribution in [0.15, 0.2) is 41.0 Å². The second-order valence-corrected chi connectivity index (χ2v) is 7.60. The van der Waals surface area contributed by atoms with Gasteiger partial charge in [-0.15, -0.1) is 17.9 Å². The molecule has 0 saturated carbocycles. The van der Waals surface area contributed by atoms with Gasteiger partial charge in [-0.2, -0.15) is 0 Å². The van der Waals surface area contributed by atoms with Gasteiger partial charge in [0.05, 0.1) is 32.3 Å². The monoisotopic (exact) mass is 415 g/mol. The van der Waals surface area contributed by atoms with E-state index in [-0.39, 0.29) is 5.56 Å². The van der Waals surface area contributed by atoms with E-state index >= 15 is 0 Å². The number of hydrogen-bond donors (Lipinski definition) is 2. The number of aromatic nitrogens is 2. The molecule has 0 aliphatic carbocycles. The van der Waals surface area contributed by atoms with Crippen molar-refractivity contribution >= 4 is 21.6 Å². The number of aliphatic hydroxyl groups excluding tert-OH is 1. The van der Waals surface area contributed by atoms with Crippen LogP contribution in [0.5, 0.6) is 11.5 Å². The predicted octanol–water partition coefficient (Wildman–Crippen LogP) is 3.04. The number of nitrogens with zero attached hydrogens (tertiary/aromatic N) is 2. The summed E-state index contributed by atoms with van der Waals surface area (Å²) in [6.45, 7) is 6.95. The van der Waals surface area contributed by atoms with Crippen molar-refractivity contribution in [1.29, 1.82) is 0 Å². The molecule has 1 atom stereocenters. The van der Waals surface area contributed by atoms with Crippen LogP contribution in [0.25, 0.3) is 21.3 Å². The molecule has 0 aliphatic heterocycles. The third-order valence-electron chi connectivity index (χ3n) is 4.47. The fourth-order valence-electron chi connectivity index (χ4n) is 3.26. The molecule has 0 fully saturated rings. The van der Waals surface area contributed by atoms with Crippen LogP contribution < -0.4 is 15.0 Å². The maximum atomic E-state index is 12.9. The lowest BCUT2D eigenvalue weighted by Crippen LogP contribution is -2.32. The number of thiophene rings is 1. The topological polar surface area (TPSA) is 87.7 Å². The van der Waals surface area contributed by atoms with Crippen LogP contribution in [0.3, 0.4) is 0 Å². The minimum Gasteiger partial charge on any atom is -0.493 e. The number of nitrogens with one attached hydrogen (secondary N) is 1. The van der Waals surface area contributed by atoms with Gasteiger partial charge in [0.25, 0.3) is 5.56 Å². The quantitative estimate of drug-likeness (QED) is 0.523. The molecule has 0 spiro atoms. The summed E-state index contributed by atoms with van der Waals surface area (Å²) in [6.07, 6.45) is 1.28. The van der Waals surface area contributed by atoms with Crippen LogP contribution in [-0.2, 0) is 6.54 Å². The smallest absolute Gasteiger partial charge is 0.260 e. The molecule has 0 unspecified atom stereocenters. The SMILES string of the molecule is C=CCN(Cc1nc2scc(-c3ccc(OC)c(OC)c3)c2c(=O)[nH]1)C[C@@H](C)O. The number of hydrogen-bond acceptors (Lipinski definition) is 7. The Bertz CT molecular complexity index is 1060. The Morgan fingerprint density at radius 2 is 2.10 bits per heavy atom. The maximum Gasteiger partial charge on any atom is 0.260 e. The van der Waals surface area contributed by atoms with Gasteiger partial charge in [0.2, 0.25) is 0 Å². The van der Waals surface area contributed by atoms with Crippen LogP contribution in [0.1, 0.15) is 12.7 Å². The molecule has 0 amide bonds. The number of aliphatic hydroxyl groups is 1. The molecule has 2 heterocycles. The highest BCUT2D eigenvalue weighted by molar-refractivity contribution is 7.17. The molecule has 3 rings (SSSR count). The summed E-state index contributed by atoms with van der Waals surface area (Å²) >= 11 is 1.42. The molecule has 8 heteroatoms. The second kappa shape index (κ2) is 9.21. The van der Waals surface area contributed by atoms with E-state index in [9.17, 15) is 9.90 Å². The largest absolute Gasteiger partial charge is 0.493 e. The summed E-state index contributed by atoms with van der Waals surface area (Å²) in [5.41, 5.74) is 1.47. The molecule has 7 nitrogen and oxygen atoms in total. The van der Waals surface area contributed by atoms with Gasteiger partial charge in [-0.25, -0.2) is 4.98 Å². The summed E-state index contributed by atoms with van der Waals surface area (Å²) in [5.74, 6) is 1.79. The maximum absolute atomic E-state index is 12.9. The molecule has 3 aromatic rings. The van der Waals surface area contributed by atoms with E-state index in [4.69, 9.17) is 9.47 Å². The van der Waals surface area contributed by atoms with Gasteiger partial charge in [0.1, 0.15) is 10.7 Å². The third kappa shape index (κ3) is 4.67. The van der Waals surface area contributed by atoms with Crippen LogP contribution in [0.2, 0.25) is 0 Å². The van der Waals surface area contributed by atoms with Crippen molar-refractivity contribution in [3.8, 4) is 22.6 Å². The van der Waals surface area contributed by atoms with E-state index in [0.717, 1.165) is 11.1 Å². The van der Waals surface area contributed by atoms with Gasteiger partial charge < -0.3 is 19.6 Å². The predicted molar refractivity (Wildman–Crippen MR) is 116 cm³/mol. The van der Waals surface area contributed by atoms with Crippen molar-refractivity contribution in [1.82, 2.24) is 14.9 Å². The minimum atomic E-state index is -0.483. The molecule has 0 radical (unpaired) electrons. The first-order valence-electron chi connectivity index (χ1n) is 9.21. The number of H-pyrrole nitrogens is 1. The molecule has 0 aliphatic rings. The summed E-state index contributed by atoms with van der Waals surface area (Å²) in [5, 5.41) is 12.2. The standard InChI is InChI=1S/C21H25N3O4S/c1-5-8-24(10-13(2)25)11-18-22-20(26)19-15(12-29-21(19)23-18)14-6-7-16(27-3)17(9-14)28-4/h5-7,9,12-13,25H,1,8,10-11H2,2-4H3,(H,22,23,26)/t13-/m1/s1. The zero-order chi connectivity index (χ0) is 21.0. The van der Waals surface area contributed by atoms with Gasteiger partial charge in [-0.05, 0) is 24.6 Å². The molecule has 0 bridgehead atoms. The zero-order valence-corrected chi connectivity index (χ0v) is 17.6. The van der Waals surface area contributed by atoms with Crippen molar-refractivity contribution in [3.63, 3.8) is 0 Å². The zero-order valence-electron chi connectivity index (χ0n) is 16.8. The van der Waals surface area contributed by atoms with Gasteiger partial charge in [-0.1, -0.05) is 12.1 Å². The van der Waals surface area contributed by atoms with E-state index in [0.29, 0.717) is 47.2 Å². The Morgan fingerprint density at radius 3 is 2.76 bits per heavy atom. The summed E-state index contributed by atoms with van der Waals surface area (Å²) < 4.78 is 10.7.